The maximum absolute atomic E-state index is 14.5. The highest BCUT2D eigenvalue weighted by atomic mass is 16.5. The summed E-state index contributed by atoms with van der Waals surface area (Å²) in [7, 11) is 1.00. The smallest absolute Gasteiger partial charge is 0.290 e. The van der Waals surface area contributed by atoms with Crippen molar-refractivity contribution >= 4 is 34.6 Å². The molecule has 7 rings (SSSR count). The molecule has 0 aliphatic carbocycles. The van der Waals surface area contributed by atoms with Gasteiger partial charge in [0, 0.05) is 42.9 Å². The average Bonchev–Trinajstić information content (AvgIpc) is 3.66. The number of benzene rings is 2. The predicted molar refractivity (Wildman–Crippen MR) is 216 cm³/mol. The predicted octanol–water partition coefficient (Wildman–Crippen LogP) is 5.26. The van der Waals surface area contributed by atoms with Gasteiger partial charge in [0.15, 0.2) is 17.0 Å². The number of aromatic hydroxyl groups is 2. The van der Waals surface area contributed by atoms with Crippen LogP contribution in [-0.2, 0) is 9.59 Å². The van der Waals surface area contributed by atoms with Crippen LogP contribution in [0.15, 0.2) is 45.9 Å². The van der Waals surface area contributed by atoms with Crippen LogP contribution in [0.4, 0.5) is 5.69 Å². The Labute approximate surface area is 329 Å². The number of hydrogen-bond acceptors (Lipinski definition) is 11. The van der Waals surface area contributed by atoms with Gasteiger partial charge >= 0.3 is 0 Å². The van der Waals surface area contributed by atoms with Crippen LogP contribution in [0.5, 0.6) is 17.2 Å². The summed E-state index contributed by atoms with van der Waals surface area (Å²) < 4.78 is 6.45. The number of allylic oxidation sites excluding steroid dienone is 4. The van der Waals surface area contributed by atoms with Gasteiger partial charge in [0.1, 0.15) is 22.5 Å². The molecular formula is C43H60N4O9. The Kier molecular flexibility index (Phi) is 14.3. The summed E-state index contributed by atoms with van der Waals surface area (Å²) >= 11 is 0. The molecule has 0 aromatic heterocycles. The minimum absolute atomic E-state index is 0.0417. The number of amides is 1. The van der Waals surface area contributed by atoms with E-state index in [1.54, 1.807) is 26.8 Å². The molecule has 7 atom stereocenters. The zero-order valence-corrected chi connectivity index (χ0v) is 34.1. The Morgan fingerprint density at radius 3 is 2.18 bits per heavy atom. The molecule has 5 aliphatic heterocycles. The number of fused-ring (bicyclic) bond motifs is 13. The number of phenols is 2. The largest absolute Gasteiger partial charge is 0.507 e. The Morgan fingerprint density at radius 1 is 0.911 bits per heavy atom. The van der Waals surface area contributed by atoms with E-state index in [0.29, 0.717) is 65.5 Å². The van der Waals surface area contributed by atoms with Crippen molar-refractivity contribution in [3.8, 4) is 17.2 Å². The third kappa shape index (κ3) is 8.54. The standard InChI is InChI=1S/C41H54N4O6.CH2O2.CH4O/c1-21-12-11-14-23(3)39(50)43-33-32-31(44-41(45-32)16-18-42-19-17-41)28-29(36(33)48)35(47)27(7)37-30(28)38(49)40(8,51-37)15-10-9-13-22(2)25(5)26(6)34(46)24(4)20-21;2-1-3;1-2/h9-12,14,21-22,24-26,34,42,46-48H,13,15-20H2,1-8H3,(H,43,50);1H,(H,2,3);2H,1H3/b10-9+,12-11+,23-14-;;/t21?,22-,24-,25?,26+,34?,40-;;/m1../s1. The van der Waals surface area contributed by atoms with E-state index < -0.39 is 23.3 Å². The van der Waals surface area contributed by atoms with Crippen molar-refractivity contribution in [1.82, 2.24) is 5.32 Å². The average molecular weight is 777 g/mol. The number of ether oxygens (including phenoxy) is 1. The fourth-order valence-electron chi connectivity index (χ4n) is 8.29. The number of hydrogen-bond donors (Lipinski definition) is 7. The number of carbonyl (C=O) groups excluding carboxylic acids is 2. The monoisotopic (exact) mass is 776 g/mol. The third-order valence-corrected chi connectivity index (χ3v) is 12.1. The normalized spacial score (nSPS) is 30.9. The second-order valence-corrected chi connectivity index (χ2v) is 16.0. The van der Waals surface area contributed by atoms with Crippen LogP contribution >= 0.6 is 0 Å². The highest BCUT2D eigenvalue weighted by molar-refractivity contribution is 6.20. The van der Waals surface area contributed by atoms with Gasteiger partial charge in [0.25, 0.3) is 12.4 Å². The van der Waals surface area contributed by atoms with Crippen LogP contribution in [0.25, 0.3) is 10.8 Å². The lowest BCUT2D eigenvalue weighted by Crippen LogP contribution is -2.38. The number of rotatable bonds is 0. The first kappa shape index (κ1) is 44.1. The van der Waals surface area contributed by atoms with E-state index in [9.17, 15) is 24.9 Å². The van der Waals surface area contributed by atoms with E-state index in [-0.39, 0.29) is 69.8 Å². The SMILES string of the molecule is C/C1=C/C=C/C(C)C[C@@H](C)C(O)[C@@H](C)C(C)[C@H](C)C/C=C/C[C@@]2(C)Oc3c(C)c(O)c4c(O)c(c5c(c4c3C2=O)=NC2(CCNCC2)N=5)NC1=O.CO.O=CO. The first-order valence-electron chi connectivity index (χ1n) is 19.5. The molecule has 1 saturated heterocycles. The fraction of sp³-hybridized carbons (Fsp3) is 0.558. The number of carbonyl (C=O) groups is 3. The van der Waals surface area contributed by atoms with Crippen molar-refractivity contribution in [2.45, 2.75) is 105 Å². The number of anilines is 1. The van der Waals surface area contributed by atoms with Gasteiger partial charge in [-0.3, -0.25) is 24.4 Å². The second-order valence-electron chi connectivity index (χ2n) is 16.0. The molecule has 0 radical (unpaired) electrons. The molecule has 3 unspecified atom stereocenters. The molecule has 56 heavy (non-hydrogen) atoms. The number of aliphatic hydroxyl groups excluding tert-OH is 2. The van der Waals surface area contributed by atoms with Crippen LogP contribution in [-0.4, -0.2) is 81.3 Å². The number of carboxylic acid groups (broad SMARTS) is 1. The molecule has 306 valence electrons. The summed E-state index contributed by atoms with van der Waals surface area (Å²) in [5.41, 5.74) is -1.06. The van der Waals surface area contributed by atoms with Crippen LogP contribution < -0.4 is 26.1 Å². The van der Waals surface area contributed by atoms with Gasteiger partial charge in [-0.15, -0.1) is 0 Å². The Bertz CT molecular complexity index is 2030. The zero-order chi connectivity index (χ0) is 41.7. The number of phenolic OH excluding ortho intramolecular Hbond substituents is 2. The number of aliphatic hydroxyl groups is 2. The molecule has 7 N–H and O–H groups in total. The van der Waals surface area contributed by atoms with E-state index in [4.69, 9.17) is 29.7 Å². The molecule has 5 aliphatic rings. The third-order valence-electron chi connectivity index (χ3n) is 12.1. The Balaban J connectivity index is 0.00000133. The van der Waals surface area contributed by atoms with Crippen molar-refractivity contribution in [3.05, 3.63) is 57.8 Å². The molecule has 2 aromatic rings. The van der Waals surface area contributed by atoms with E-state index in [1.165, 1.54) is 0 Å². The molecule has 2 aromatic carbocycles. The molecule has 1 amide bonds. The van der Waals surface area contributed by atoms with Gasteiger partial charge in [-0.1, -0.05) is 65.0 Å². The maximum atomic E-state index is 14.5. The van der Waals surface area contributed by atoms with Crippen molar-refractivity contribution in [3.63, 3.8) is 0 Å². The van der Waals surface area contributed by atoms with E-state index >= 15 is 0 Å². The Morgan fingerprint density at radius 2 is 1.54 bits per heavy atom. The molecule has 5 heterocycles. The lowest BCUT2D eigenvalue weighted by atomic mass is 9.76. The quantitative estimate of drug-likeness (QED) is 0.105. The summed E-state index contributed by atoms with van der Waals surface area (Å²) in [6.45, 7) is 16.9. The molecule has 1 fully saturated rings. The number of nitrogens with zero attached hydrogens (tertiary/aromatic N) is 2. The van der Waals surface area contributed by atoms with E-state index in [2.05, 4.69) is 51.3 Å². The molecule has 1 spiro atoms. The van der Waals surface area contributed by atoms with Crippen molar-refractivity contribution < 1.29 is 44.7 Å². The molecular weight excluding hydrogens is 716 g/mol. The highest BCUT2D eigenvalue weighted by Gasteiger charge is 2.47. The summed E-state index contributed by atoms with van der Waals surface area (Å²) in [6, 6.07) is 0. The van der Waals surface area contributed by atoms with Gasteiger partial charge in [0.2, 0.25) is 5.78 Å². The maximum Gasteiger partial charge on any atom is 0.290 e. The minimum Gasteiger partial charge on any atom is -0.507 e. The Hall–Kier alpha value is -4.59. The highest BCUT2D eigenvalue weighted by Crippen LogP contribution is 2.50. The molecule has 5 bridgehead atoms. The van der Waals surface area contributed by atoms with Crippen LogP contribution in [0.1, 0.15) is 96.5 Å². The van der Waals surface area contributed by atoms with E-state index in [1.807, 2.05) is 18.2 Å². The molecule has 13 heteroatoms. The second kappa shape index (κ2) is 18.1. The summed E-state index contributed by atoms with van der Waals surface area (Å²) in [5, 5.41) is 56.0. The van der Waals surface area contributed by atoms with Gasteiger partial charge in [-0.2, -0.15) is 0 Å². The molecule has 0 saturated carbocycles. The first-order valence-corrected chi connectivity index (χ1v) is 19.5. The topological polar surface area (TPSA) is 210 Å². The number of Topliss-reactive ketones (excluding diaryl/α,β-unsaturated/α-hetero) is 1. The summed E-state index contributed by atoms with van der Waals surface area (Å²) in [6.07, 6.45) is 12.3. The van der Waals surface area contributed by atoms with Crippen LogP contribution in [0.3, 0.4) is 0 Å². The van der Waals surface area contributed by atoms with Gasteiger partial charge in [0.05, 0.1) is 22.4 Å². The number of piperidine rings is 1. The minimum atomic E-state index is -1.25. The lowest BCUT2D eigenvalue weighted by molar-refractivity contribution is -0.122. The van der Waals surface area contributed by atoms with Crippen LogP contribution in [0.2, 0.25) is 0 Å². The van der Waals surface area contributed by atoms with Gasteiger partial charge < -0.3 is 40.9 Å². The first-order chi connectivity index (χ1) is 26.5. The molecule has 13 nitrogen and oxygen atoms in total. The van der Waals surface area contributed by atoms with Crippen LogP contribution in [0, 0.1) is 36.5 Å². The summed E-state index contributed by atoms with van der Waals surface area (Å²) in [4.78, 5) is 46.7. The van der Waals surface area contributed by atoms with Gasteiger partial charge in [-0.05, 0) is 76.3 Å². The van der Waals surface area contributed by atoms with Gasteiger partial charge in [-0.25, -0.2) is 0 Å². The zero-order valence-electron chi connectivity index (χ0n) is 34.1. The van der Waals surface area contributed by atoms with Crippen molar-refractivity contribution in [2.24, 2.45) is 39.6 Å². The lowest BCUT2D eigenvalue weighted by Gasteiger charge is -2.33. The van der Waals surface area contributed by atoms with Crippen molar-refractivity contribution in [1.29, 1.82) is 0 Å². The number of ketones is 1. The van der Waals surface area contributed by atoms with Crippen molar-refractivity contribution in [2.75, 3.05) is 25.5 Å². The number of nitrogens with one attached hydrogen (secondary N) is 2. The summed E-state index contributed by atoms with van der Waals surface area (Å²) in [5.74, 6) is -0.174. The fourth-order valence-corrected chi connectivity index (χ4v) is 8.29. The van der Waals surface area contributed by atoms with E-state index in [0.717, 1.165) is 20.0 Å².